The van der Waals surface area contributed by atoms with Crippen LogP contribution in [0.15, 0.2) is 108 Å². The summed E-state index contributed by atoms with van der Waals surface area (Å²) in [7, 11) is 1.60. The van der Waals surface area contributed by atoms with Crippen molar-refractivity contribution >= 4 is 28.6 Å². The number of amides is 4. The molecule has 7 rings (SSSR count). The minimum atomic E-state index is -0.722. The van der Waals surface area contributed by atoms with Crippen LogP contribution in [0.4, 0.5) is 4.79 Å². The Morgan fingerprint density at radius 2 is 1.68 bits per heavy atom. The first-order chi connectivity index (χ1) is 23.0. The summed E-state index contributed by atoms with van der Waals surface area (Å²) in [5.41, 5.74) is 3.35. The maximum Gasteiger partial charge on any atom is 0.334 e. The van der Waals surface area contributed by atoms with Crippen LogP contribution in [0, 0.1) is 0 Å². The van der Waals surface area contributed by atoms with E-state index in [-0.39, 0.29) is 44.0 Å². The fraction of sp³-hybridized carbons (Fsp3) is 0.222. The van der Waals surface area contributed by atoms with Gasteiger partial charge in [0.25, 0.3) is 0 Å². The second-order valence-electron chi connectivity index (χ2n) is 11.6. The molecule has 2 saturated heterocycles. The summed E-state index contributed by atoms with van der Waals surface area (Å²) >= 11 is 0. The number of piperazine rings is 1. The van der Waals surface area contributed by atoms with Gasteiger partial charge in [-0.15, -0.1) is 0 Å². The minimum absolute atomic E-state index is 0.110. The van der Waals surface area contributed by atoms with E-state index in [0.717, 1.165) is 27.5 Å². The van der Waals surface area contributed by atoms with Crippen molar-refractivity contribution in [2.24, 2.45) is 0 Å². The van der Waals surface area contributed by atoms with E-state index in [1.807, 2.05) is 97.1 Å². The zero-order valence-corrected chi connectivity index (χ0v) is 25.9. The summed E-state index contributed by atoms with van der Waals surface area (Å²) in [5, 5.41) is 12.6. The monoisotopic (exact) mass is 630 g/mol. The predicted octanol–water partition coefficient (Wildman–Crippen LogP) is 4.64. The fourth-order valence-electron chi connectivity index (χ4n) is 6.25. The van der Waals surface area contributed by atoms with E-state index >= 15 is 0 Å². The number of nitrogens with zero attached hydrogens (tertiary/aromatic N) is 5. The van der Waals surface area contributed by atoms with Gasteiger partial charge in [0.15, 0.2) is 5.76 Å². The lowest BCUT2D eigenvalue weighted by atomic mass is 10.0. The summed E-state index contributed by atoms with van der Waals surface area (Å²) in [4.78, 5) is 44.3. The standard InChI is InChI=1S/C36H34N6O5/c1-46-29-15-8-13-27(17-29)32-18-30(47-38-32)21-40-23-35(44)41-24-34(43)39(20-28-14-7-12-26-11-5-6-16-31(26)28)22-33(41)42(40)36(45)37-19-25-9-3-2-4-10-25/h2-18,33H,19-24H2,1H3,(H,37,45). The molecule has 0 aliphatic carbocycles. The Kier molecular flexibility index (Phi) is 8.28. The number of carbonyl (C=O) groups excluding carboxylic acids is 3. The van der Waals surface area contributed by atoms with Crippen LogP contribution in [0.25, 0.3) is 22.0 Å². The van der Waals surface area contributed by atoms with E-state index < -0.39 is 6.17 Å². The largest absolute Gasteiger partial charge is 0.497 e. The third-order valence-corrected chi connectivity index (χ3v) is 8.63. The molecule has 0 radical (unpaired) electrons. The predicted molar refractivity (Wildman–Crippen MR) is 174 cm³/mol. The highest BCUT2D eigenvalue weighted by atomic mass is 16.5. The van der Waals surface area contributed by atoms with Crippen LogP contribution in [-0.4, -0.2) is 75.7 Å². The number of aromatic nitrogens is 1. The van der Waals surface area contributed by atoms with Crippen molar-refractivity contribution in [1.82, 2.24) is 30.3 Å². The summed E-state index contributed by atoms with van der Waals surface area (Å²) in [6, 6.07) is 32.6. The van der Waals surface area contributed by atoms with Gasteiger partial charge in [-0.25, -0.2) is 9.80 Å². The Labute approximate surface area is 271 Å². The summed E-state index contributed by atoms with van der Waals surface area (Å²) in [6.45, 7) is 0.682. The van der Waals surface area contributed by atoms with Gasteiger partial charge in [0.1, 0.15) is 24.2 Å². The molecule has 0 saturated carbocycles. The summed E-state index contributed by atoms with van der Waals surface area (Å²) in [6.07, 6.45) is -0.722. The van der Waals surface area contributed by atoms with Crippen LogP contribution in [0.1, 0.15) is 16.9 Å². The average molecular weight is 631 g/mol. The zero-order chi connectivity index (χ0) is 32.3. The first kappa shape index (κ1) is 30.0. The molecule has 0 spiro atoms. The van der Waals surface area contributed by atoms with Gasteiger partial charge in [-0.2, -0.15) is 5.01 Å². The van der Waals surface area contributed by atoms with Crippen molar-refractivity contribution < 1.29 is 23.6 Å². The van der Waals surface area contributed by atoms with Gasteiger partial charge in [-0.3, -0.25) is 9.59 Å². The van der Waals surface area contributed by atoms with Gasteiger partial charge in [-0.1, -0.05) is 90.1 Å². The molecule has 1 aromatic heterocycles. The van der Waals surface area contributed by atoms with Crippen molar-refractivity contribution in [2.75, 3.05) is 26.7 Å². The molecule has 4 amide bonds. The van der Waals surface area contributed by atoms with Crippen molar-refractivity contribution in [3.05, 3.63) is 120 Å². The Hall–Kier alpha value is -5.68. The van der Waals surface area contributed by atoms with Crippen LogP contribution in [-0.2, 0) is 29.2 Å². The van der Waals surface area contributed by atoms with E-state index in [4.69, 9.17) is 9.26 Å². The Morgan fingerprint density at radius 1 is 0.894 bits per heavy atom. The smallest absolute Gasteiger partial charge is 0.334 e. The van der Waals surface area contributed by atoms with E-state index in [1.54, 1.807) is 28.1 Å². The Balaban J connectivity index is 1.17. The number of rotatable bonds is 8. The van der Waals surface area contributed by atoms with Crippen LogP contribution in [0.3, 0.4) is 0 Å². The molecule has 11 nitrogen and oxygen atoms in total. The van der Waals surface area contributed by atoms with Gasteiger partial charge < -0.3 is 24.4 Å². The molecule has 1 N–H and O–H groups in total. The van der Waals surface area contributed by atoms with Gasteiger partial charge in [0.2, 0.25) is 11.8 Å². The van der Waals surface area contributed by atoms with E-state index in [2.05, 4.69) is 10.5 Å². The lowest BCUT2D eigenvalue weighted by Gasteiger charge is -2.52. The normalized spacial score (nSPS) is 16.8. The maximum atomic E-state index is 14.0. The van der Waals surface area contributed by atoms with E-state index in [0.29, 0.717) is 30.3 Å². The second kappa shape index (κ2) is 13.0. The summed E-state index contributed by atoms with van der Waals surface area (Å²) < 4.78 is 11.1. The minimum Gasteiger partial charge on any atom is -0.497 e. The zero-order valence-electron chi connectivity index (χ0n) is 25.9. The number of urea groups is 1. The number of hydrazine groups is 1. The molecule has 5 aromatic rings. The number of hydrogen-bond donors (Lipinski definition) is 1. The van der Waals surface area contributed by atoms with Crippen molar-refractivity contribution in [3.63, 3.8) is 0 Å². The van der Waals surface area contributed by atoms with Crippen molar-refractivity contribution in [3.8, 4) is 17.0 Å². The van der Waals surface area contributed by atoms with Crippen LogP contribution in [0.5, 0.6) is 5.75 Å². The SMILES string of the molecule is COc1cccc(-c2cc(CN3CC(=O)N4CC(=O)N(Cc5cccc6ccccc56)CC4N3C(=O)NCc3ccccc3)on2)c1. The summed E-state index contributed by atoms with van der Waals surface area (Å²) in [5.74, 6) is 0.756. The number of hydrogen-bond acceptors (Lipinski definition) is 7. The fourth-order valence-corrected chi connectivity index (χ4v) is 6.25. The highest BCUT2D eigenvalue weighted by Crippen LogP contribution is 2.29. The Morgan fingerprint density at radius 3 is 2.53 bits per heavy atom. The molecule has 238 valence electrons. The topological polar surface area (TPSA) is 111 Å². The van der Waals surface area contributed by atoms with Gasteiger partial charge in [0.05, 0.1) is 26.7 Å². The quantitative estimate of drug-likeness (QED) is 0.266. The highest BCUT2D eigenvalue weighted by molar-refractivity contribution is 5.90. The van der Waals surface area contributed by atoms with Gasteiger partial charge in [0, 0.05) is 24.7 Å². The molecule has 1 unspecified atom stereocenters. The third kappa shape index (κ3) is 6.25. The first-order valence-corrected chi connectivity index (χ1v) is 15.5. The number of carbonyl (C=O) groups is 3. The van der Waals surface area contributed by atoms with Crippen LogP contribution in [0.2, 0.25) is 0 Å². The van der Waals surface area contributed by atoms with Crippen molar-refractivity contribution in [2.45, 2.75) is 25.8 Å². The third-order valence-electron chi connectivity index (χ3n) is 8.63. The lowest BCUT2D eigenvalue weighted by molar-refractivity contribution is -0.184. The molecule has 2 aliphatic rings. The molecule has 3 heterocycles. The number of nitrogens with one attached hydrogen (secondary N) is 1. The molecular weight excluding hydrogens is 596 g/mol. The molecule has 0 bridgehead atoms. The molecule has 1 atom stereocenters. The Bertz CT molecular complexity index is 1920. The van der Waals surface area contributed by atoms with Crippen LogP contribution >= 0.6 is 0 Å². The van der Waals surface area contributed by atoms with Gasteiger partial charge >= 0.3 is 6.03 Å². The molecular formula is C36H34N6O5. The number of methoxy groups -OCH3 is 1. The van der Waals surface area contributed by atoms with Gasteiger partial charge in [-0.05, 0) is 34.0 Å². The highest BCUT2D eigenvalue weighted by Gasteiger charge is 2.47. The van der Waals surface area contributed by atoms with Crippen LogP contribution < -0.4 is 10.1 Å². The maximum absolute atomic E-state index is 14.0. The first-order valence-electron chi connectivity index (χ1n) is 15.5. The van der Waals surface area contributed by atoms with Crippen molar-refractivity contribution in [1.29, 1.82) is 0 Å². The number of ether oxygens (including phenoxy) is 1. The van der Waals surface area contributed by atoms with E-state index in [9.17, 15) is 14.4 Å². The molecule has 47 heavy (non-hydrogen) atoms. The van der Waals surface area contributed by atoms with E-state index in [1.165, 1.54) is 4.90 Å². The number of benzene rings is 4. The molecule has 2 fully saturated rings. The second-order valence-corrected chi connectivity index (χ2v) is 11.6. The lowest BCUT2D eigenvalue weighted by Crippen LogP contribution is -2.73. The average Bonchev–Trinajstić information content (AvgIpc) is 3.57. The number of fused-ring (bicyclic) bond motifs is 2. The molecule has 2 aliphatic heterocycles. The molecule has 4 aromatic carbocycles. The molecule has 11 heteroatoms.